The van der Waals surface area contributed by atoms with Gasteiger partial charge in [0.15, 0.2) is 5.78 Å². The van der Waals surface area contributed by atoms with Gasteiger partial charge in [-0.25, -0.2) is 9.59 Å². The summed E-state index contributed by atoms with van der Waals surface area (Å²) in [5.74, 6) is -1.87. The van der Waals surface area contributed by atoms with Crippen LogP contribution in [0.3, 0.4) is 0 Å². The zero-order valence-corrected chi connectivity index (χ0v) is 20.8. The van der Waals surface area contributed by atoms with Gasteiger partial charge >= 0.3 is 12.1 Å². The Kier molecular flexibility index (Phi) is 10.1. The summed E-state index contributed by atoms with van der Waals surface area (Å²) in [7, 11) is 0. The molecule has 0 bridgehead atoms. The van der Waals surface area contributed by atoms with Crippen molar-refractivity contribution in [1.29, 1.82) is 0 Å². The van der Waals surface area contributed by atoms with Crippen LogP contribution in [0, 0.1) is 5.92 Å². The molecule has 0 radical (unpaired) electrons. The molecule has 0 spiro atoms. The first-order valence-electron chi connectivity index (χ1n) is 10.1. The van der Waals surface area contributed by atoms with Crippen molar-refractivity contribution in [3.8, 4) is 0 Å². The normalized spacial score (nSPS) is 21.0. The maximum absolute atomic E-state index is 13.5. The molecule has 2 amide bonds. The molecule has 30 heavy (non-hydrogen) atoms. The van der Waals surface area contributed by atoms with Crippen molar-refractivity contribution < 1.29 is 28.7 Å². The molecular formula is C20H33BrN2O6S. The Morgan fingerprint density at radius 1 is 1.23 bits per heavy atom. The maximum atomic E-state index is 13.5. The van der Waals surface area contributed by atoms with Gasteiger partial charge in [-0.2, -0.15) is 12.6 Å². The monoisotopic (exact) mass is 508 g/mol. The lowest BCUT2D eigenvalue weighted by molar-refractivity contribution is -0.167. The lowest BCUT2D eigenvalue weighted by atomic mass is 9.86. The summed E-state index contributed by atoms with van der Waals surface area (Å²) in [4.78, 5) is 53.0. The number of halogens is 1. The number of esters is 1. The molecule has 172 valence electrons. The third-order valence-electron chi connectivity index (χ3n) is 4.73. The van der Waals surface area contributed by atoms with Crippen molar-refractivity contribution >= 4 is 52.3 Å². The lowest BCUT2D eigenvalue weighted by Gasteiger charge is -2.37. The van der Waals surface area contributed by atoms with Crippen LogP contribution >= 0.6 is 28.6 Å². The highest BCUT2D eigenvalue weighted by Gasteiger charge is 2.58. The van der Waals surface area contributed by atoms with E-state index in [9.17, 15) is 19.2 Å². The predicted octanol–water partition coefficient (Wildman–Crippen LogP) is 2.72. The average molecular weight is 509 g/mol. The second kappa shape index (κ2) is 11.4. The highest BCUT2D eigenvalue weighted by atomic mass is 79.9. The number of alkyl carbamates (subject to hydrolysis) is 1. The predicted molar refractivity (Wildman–Crippen MR) is 120 cm³/mol. The fraction of sp³-hybridized carbons (Fsp3) is 0.800. The number of rotatable bonds is 9. The number of Topliss-reactive ketones (excluding diaryl/α,β-unsaturated/α-hetero) is 1. The third-order valence-corrected chi connectivity index (χ3v) is 5.83. The van der Waals surface area contributed by atoms with Crippen molar-refractivity contribution in [2.45, 2.75) is 71.1 Å². The van der Waals surface area contributed by atoms with Gasteiger partial charge < -0.3 is 19.7 Å². The van der Waals surface area contributed by atoms with E-state index < -0.39 is 40.9 Å². The van der Waals surface area contributed by atoms with Crippen LogP contribution in [-0.4, -0.2) is 70.1 Å². The summed E-state index contributed by atoms with van der Waals surface area (Å²) in [6, 6.07) is -1.05. The smallest absolute Gasteiger partial charge is 0.408 e. The Morgan fingerprint density at radius 2 is 1.87 bits per heavy atom. The molecule has 8 nitrogen and oxygen atoms in total. The van der Waals surface area contributed by atoms with Crippen LogP contribution in [0.5, 0.6) is 0 Å². The highest BCUT2D eigenvalue weighted by molar-refractivity contribution is 9.09. The molecule has 1 fully saturated rings. The molecule has 0 aromatic heterocycles. The third kappa shape index (κ3) is 6.60. The van der Waals surface area contributed by atoms with Crippen molar-refractivity contribution in [3.05, 3.63) is 0 Å². The summed E-state index contributed by atoms with van der Waals surface area (Å²) in [5, 5.41) is 3.12. The summed E-state index contributed by atoms with van der Waals surface area (Å²) >= 11 is 7.45. The van der Waals surface area contributed by atoms with Crippen LogP contribution in [0.4, 0.5) is 4.79 Å². The van der Waals surface area contributed by atoms with Crippen molar-refractivity contribution in [2.24, 2.45) is 5.92 Å². The molecule has 10 heteroatoms. The van der Waals surface area contributed by atoms with E-state index in [1.165, 1.54) is 11.8 Å². The van der Waals surface area contributed by atoms with Gasteiger partial charge in [0, 0.05) is 23.5 Å². The van der Waals surface area contributed by atoms with Crippen LogP contribution < -0.4 is 5.32 Å². The molecule has 0 aromatic carbocycles. The van der Waals surface area contributed by atoms with E-state index in [0.29, 0.717) is 18.2 Å². The zero-order valence-electron chi connectivity index (χ0n) is 18.3. The van der Waals surface area contributed by atoms with Crippen LogP contribution in [0.1, 0.15) is 53.9 Å². The fourth-order valence-corrected chi connectivity index (χ4v) is 3.66. The Balaban J connectivity index is 3.19. The molecule has 1 aliphatic rings. The Labute approximate surface area is 192 Å². The number of likely N-dealkylation sites (tertiary alicyclic amines) is 1. The van der Waals surface area contributed by atoms with Crippen molar-refractivity contribution in [2.75, 3.05) is 24.2 Å². The Hall–Kier alpha value is -1.29. The summed E-state index contributed by atoms with van der Waals surface area (Å²) in [6.07, 6.45) is 0.419. The van der Waals surface area contributed by atoms with Gasteiger partial charge in [0.2, 0.25) is 11.4 Å². The average Bonchev–Trinajstić information content (AvgIpc) is 3.10. The Bertz CT molecular complexity index is 654. The first-order chi connectivity index (χ1) is 13.9. The molecule has 1 N–H and O–H groups in total. The van der Waals surface area contributed by atoms with E-state index in [0.717, 1.165) is 0 Å². The number of hydrogen-bond acceptors (Lipinski definition) is 7. The van der Waals surface area contributed by atoms with E-state index in [2.05, 4.69) is 33.9 Å². The van der Waals surface area contributed by atoms with Gasteiger partial charge in [0.05, 0.1) is 12.6 Å². The number of nitrogens with one attached hydrogen (secondary N) is 1. The van der Waals surface area contributed by atoms with E-state index in [1.807, 2.05) is 0 Å². The van der Waals surface area contributed by atoms with Crippen LogP contribution in [-0.2, 0) is 23.9 Å². The molecule has 1 saturated heterocycles. The number of ether oxygens (including phenoxy) is 2. The minimum Gasteiger partial charge on any atom is -0.464 e. The maximum Gasteiger partial charge on any atom is 0.408 e. The lowest BCUT2D eigenvalue weighted by Crippen LogP contribution is -2.64. The summed E-state index contributed by atoms with van der Waals surface area (Å²) in [6.45, 7) is 8.67. The molecule has 0 saturated carbocycles. The Morgan fingerprint density at radius 3 is 2.40 bits per heavy atom. The summed E-state index contributed by atoms with van der Waals surface area (Å²) < 4.78 is 10.6. The molecule has 0 aliphatic carbocycles. The second-order valence-electron chi connectivity index (χ2n) is 8.45. The first-order valence-corrected chi connectivity index (χ1v) is 11.9. The molecule has 2 unspecified atom stereocenters. The van der Waals surface area contributed by atoms with Gasteiger partial charge in [-0.1, -0.05) is 22.9 Å². The fourth-order valence-electron chi connectivity index (χ4n) is 3.28. The van der Waals surface area contributed by atoms with Crippen LogP contribution in [0.15, 0.2) is 0 Å². The standard InChI is InChI=1S/C20H33BrN2O6S/c1-13(12-30)16(25)23-10-6-8-20(23,17(26)28-11-7-9-21)15(24)14(2)22-18(27)29-19(3,4)5/h13-14,30H,6-12H2,1-5H3,(H,22,27)/t13?,14?,20-/m0/s1. The number of carbonyl (C=O) groups is 4. The quantitative estimate of drug-likeness (QED) is 0.163. The number of alkyl halides is 1. The van der Waals surface area contributed by atoms with Gasteiger partial charge in [-0.15, -0.1) is 0 Å². The first kappa shape index (κ1) is 26.7. The van der Waals surface area contributed by atoms with Gasteiger partial charge in [0.1, 0.15) is 5.60 Å². The van der Waals surface area contributed by atoms with E-state index >= 15 is 0 Å². The molecule has 1 heterocycles. The SMILES string of the molecule is CC(CS)C(=O)N1CCC[C@@]1(C(=O)OCCCBr)C(=O)C(C)NC(=O)OC(C)(C)C. The van der Waals surface area contributed by atoms with E-state index in [4.69, 9.17) is 9.47 Å². The summed E-state index contributed by atoms with van der Waals surface area (Å²) in [5.41, 5.74) is -2.51. The van der Waals surface area contributed by atoms with Crippen LogP contribution in [0.25, 0.3) is 0 Å². The largest absolute Gasteiger partial charge is 0.464 e. The van der Waals surface area contributed by atoms with Gasteiger partial charge in [0.25, 0.3) is 0 Å². The van der Waals surface area contributed by atoms with E-state index in [-0.39, 0.29) is 31.2 Å². The van der Waals surface area contributed by atoms with Gasteiger partial charge in [-0.3, -0.25) is 9.59 Å². The minimum absolute atomic E-state index is 0.122. The van der Waals surface area contributed by atoms with E-state index in [1.54, 1.807) is 27.7 Å². The van der Waals surface area contributed by atoms with Crippen molar-refractivity contribution in [1.82, 2.24) is 10.2 Å². The highest BCUT2D eigenvalue weighted by Crippen LogP contribution is 2.34. The van der Waals surface area contributed by atoms with Gasteiger partial charge in [-0.05, 0) is 47.0 Å². The zero-order chi connectivity index (χ0) is 23.1. The number of nitrogens with zero attached hydrogens (tertiary/aromatic N) is 1. The number of thiol groups is 1. The topological polar surface area (TPSA) is 102 Å². The number of ketones is 1. The molecule has 0 aromatic rings. The van der Waals surface area contributed by atoms with Crippen LogP contribution in [0.2, 0.25) is 0 Å². The molecule has 1 rings (SSSR count). The second-order valence-corrected chi connectivity index (χ2v) is 9.61. The van der Waals surface area contributed by atoms with Crippen molar-refractivity contribution in [3.63, 3.8) is 0 Å². The minimum atomic E-state index is -1.77. The number of carbonyl (C=O) groups excluding carboxylic acids is 4. The molecular weight excluding hydrogens is 476 g/mol. The number of hydrogen-bond donors (Lipinski definition) is 2. The molecule has 3 atom stereocenters. The number of amides is 2. The molecule has 1 aliphatic heterocycles.